The Kier molecular flexibility index (Phi) is 5.30. The van der Waals surface area contributed by atoms with Crippen molar-refractivity contribution in [2.24, 2.45) is 4.99 Å². The molecule has 4 rings (SSSR count). The van der Waals surface area contributed by atoms with E-state index in [9.17, 15) is 27.2 Å². The number of hydrogen-bond acceptors (Lipinski definition) is 3. The SMILES string of the molecule is CN1C(=O)C[C@@](C)(c2cccc(-n3cnc4ccc(F)c(C(F)(F)F)c43)c2F)N/C1=N\C(=O)O. The quantitative estimate of drug-likeness (QED) is 0.539. The summed E-state index contributed by atoms with van der Waals surface area (Å²) < 4.78 is 71.6. The second-order valence-electron chi connectivity index (χ2n) is 7.85. The van der Waals surface area contributed by atoms with Crippen LogP contribution in [0, 0.1) is 11.6 Å². The van der Waals surface area contributed by atoms with Gasteiger partial charge in [-0.25, -0.2) is 18.6 Å². The Morgan fingerprint density at radius 3 is 2.59 bits per heavy atom. The van der Waals surface area contributed by atoms with Crippen LogP contribution >= 0.6 is 0 Å². The van der Waals surface area contributed by atoms with Crippen molar-refractivity contribution < 1.29 is 36.6 Å². The van der Waals surface area contributed by atoms with Crippen molar-refractivity contribution in [2.45, 2.75) is 25.1 Å². The molecule has 1 aliphatic rings. The van der Waals surface area contributed by atoms with E-state index in [-0.39, 0.29) is 29.1 Å². The summed E-state index contributed by atoms with van der Waals surface area (Å²) >= 11 is 0. The molecule has 34 heavy (non-hydrogen) atoms. The Labute approximate surface area is 188 Å². The number of nitrogens with zero attached hydrogens (tertiary/aromatic N) is 4. The highest BCUT2D eigenvalue weighted by molar-refractivity contribution is 6.03. The Morgan fingerprint density at radius 2 is 1.94 bits per heavy atom. The standard InChI is InChI=1S/C21H16F5N5O3/c1-20(8-14(32)30(2)18(29-20)28-19(33)34)10-4-3-5-13(16(10)23)31-9-27-12-7-6-11(22)15(17(12)31)21(24,25)26/h3-7,9H,8H2,1-2H3,(H,28,29)(H,33,34)/t20-/m0/s1. The number of imidazole rings is 1. The topological polar surface area (TPSA) is 99.8 Å². The first-order chi connectivity index (χ1) is 15.8. The molecule has 1 aliphatic heterocycles. The van der Waals surface area contributed by atoms with Crippen molar-refractivity contribution >= 4 is 29.0 Å². The predicted molar refractivity (Wildman–Crippen MR) is 109 cm³/mol. The molecule has 0 aliphatic carbocycles. The zero-order valence-corrected chi connectivity index (χ0v) is 17.6. The maximum atomic E-state index is 15.8. The van der Waals surface area contributed by atoms with Crippen LogP contribution in [0.1, 0.15) is 24.5 Å². The second-order valence-corrected chi connectivity index (χ2v) is 7.85. The van der Waals surface area contributed by atoms with Gasteiger partial charge in [-0.05, 0) is 25.1 Å². The molecule has 1 fully saturated rings. The fraction of sp³-hybridized carbons (Fsp3) is 0.238. The van der Waals surface area contributed by atoms with Gasteiger partial charge in [-0.15, -0.1) is 4.99 Å². The minimum atomic E-state index is -5.08. The summed E-state index contributed by atoms with van der Waals surface area (Å²) in [5.74, 6) is -3.46. The average molecular weight is 481 g/mol. The van der Waals surface area contributed by atoms with Gasteiger partial charge in [-0.2, -0.15) is 13.2 Å². The van der Waals surface area contributed by atoms with Crippen molar-refractivity contribution in [3.05, 3.63) is 59.4 Å². The first kappa shape index (κ1) is 23.1. The van der Waals surface area contributed by atoms with Crippen LogP contribution in [0.25, 0.3) is 16.7 Å². The van der Waals surface area contributed by atoms with Crippen molar-refractivity contribution in [1.82, 2.24) is 19.8 Å². The van der Waals surface area contributed by atoms with Crippen molar-refractivity contribution in [2.75, 3.05) is 7.05 Å². The summed E-state index contributed by atoms with van der Waals surface area (Å²) in [5, 5.41) is 11.7. The minimum Gasteiger partial charge on any atom is -0.463 e. The number of alkyl halides is 3. The third-order valence-corrected chi connectivity index (χ3v) is 5.56. The van der Waals surface area contributed by atoms with Crippen LogP contribution < -0.4 is 5.32 Å². The Bertz CT molecular complexity index is 1370. The number of carbonyl (C=O) groups excluding carboxylic acids is 1. The number of nitrogens with one attached hydrogen (secondary N) is 1. The van der Waals surface area contributed by atoms with Crippen molar-refractivity contribution in [1.29, 1.82) is 0 Å². The second kappa shape index (κ2) is 7.78. The molecule has 3 aromatic rings. The Balaban J connectivity index is 1.91. The zero-order valence-electron chi connectivity index (χ0n) is 17.6. The van der Waals surface area contributed by atoms with E-state index in [1.165, 1.54) is 32.2 Å². The molecule has 2 amide bonds. The summed E-state index contributed by atoms with van der Waals surface area (Å²) in [6.07, 6.45) is -6.04. The molecule has 8 nitrogen and oxygen atoms in total. The van der Waals surface area contributed by atoms with E-state index in [1.54, 1.807) is 0 Å². The zero-order chi connectivity index (χ0) is 25.0. The highest BCUT2D eigenvalue weighted by Crippen LogP contribution is 2.39. The van der Waals surface area contributed by atoms with Gasteiger partial charge in [-0.1, -0.05) is 12.1 Å². The smallest absolute Gasteiger partial charge is 0.434 e. The molecular formula is C21H16F5N5O3. The lowest BCUT2D eigenvalue weighted by atomic mass is 9.86. The molecule has 178 valence electrons. The number of guanidine groups is 1. The van der Waals surface area contributed by atoms with Crippen LogP contribution in [-0.2, 0) is 16.5 Å². The van der Waals surface area contributed by atoms with Gasteiger partial charge in [0.2, 0.25) is 11.9 Å². The van der Waals surface area contributed by atoms with Crippen LogP contribution in [0.4, 0.5) is 26.7 Å². The summed E-state index contributed by atoms with van der Waals surface area (Å²) in [6.45, 7) is 1.42. The van der Waals surface area contributed by atoms with Gasteiger partial charge in [0.15, 0.2) is 5.82 Å². The molecule has 2 aromatic carbocycles. The number of aromatic nitrogens is 2. The van der Waals surface area contributed by atoms with Gasteiger partial charge < -0.3 is 10.4 Å². The third kappa shape index (κ3) is 3.72. The fourth-order valence-corrected chi connectivity index (χ4v) is 3.94. The average Bonchev–Trinajstić information content (AvgIpc) is 3.14. The molecule has 0 radical (unpaired) electrons. The Hall–Kier alpha value is -4.03. The van der Waals surface area contributed by atoms with Crippen LogP contribution in [0.2, 0.25) is 0 Å². The maximum Gasteiger partial charge on any atom is 0.434 e. The molecule has 2 N–H and O–H groups in total. The largest absolute Gasteiger partial charge is 0.463 e. The molecule has 1 atom stereocenters. The first-order valence-corrected chi connectivity index (χ1v) is 9.72. The maximum absolute atomic E-state index is 15.8. The predicted octanol–water partition coefficient (Wildman–Crippen LogP) is 4.02. The highest BCUT2D eigenvalue weighted by atomic mass is 19.4. The van der Waals surface area contributed by atoms with E-state index in [1.807, 2.05) is 0 Å². The lowest BCUT2D eigenvalue weighted by Gasteiger charge is -2.40. The molecule has 0 bridgehead atoms. The van der Waals surface area contributed by atoms with E-state index in [0.29, 0.717) is 6.07 Å². The summed E-state index contributed by atoms with van der Waals surface area (Å²) in [5.41, 5.74) is -4.48. The van der Waals surface area contributed by atoms with Crippen molar-refractivity contribution in [3.63, 3.8) is 0 Å². The number of carboxylic acid groups (broad SMARTS) is 1. The number of fused-ring (bicyclic) bond motifs is 1. The summed E-state index contributed by atoms with van der Waals surface area (Å²) in [4.78, 5) is 31.6. The van der Waals surface area contributed by atoms with Gasteiger partial charge >= 0.3 is 12.3 Å². The first-order valence-electron chi connectivity index (χ1n) is 9.72. The van der Waals surface area contributed by atoms with Crippen molar-refractivity contribution in [3.8, 4) is 5.69 Å². The monoisotopic (exact) mass is 481 g/mol. The summed E-state index contributed by atoms with van der Waals surface area (Å²) in [7, 11) is 1.29. The van der Waals surface area contributed by atoms with Gasteiger partial charge in [0.1, 0.15) is 17.7 Å². The van der Waals surface area contributed by atoms with E-state index >= 15 is 4.39 Å². The lowest BCUT2D eigenvalue weighted by molar-refractivity contribution is -0.138. The molecule has 1 aromatic heterocycles. The van der Waals surface area contributed by atoms with Crippen LogP contribution in [0.3, 0.4) is 0 Å². The Morgan fingerprint density at radius 1 is 1.24 bits per heavy atom. The molecule has 2 heterocycles. The number of aliphatic imine (C=N–C) groups is 1. The summed E-state index contributed by atoms with van der Waals surface area (Å²) in [6, 6.07) is 5.50. The van der Waals surface area contributed by atoms with Gasteiger partial charge in [-0.3, -0.25) is 14.3 Å². The lowest BCUT2D eigenvalue weighted by Crippen LogP contribution is -2.59. The molecule has 0 spiro atoms. The van der Waals surface area contributed by atoms with E-state index in [2.05, 4.69) is 15.3 Å². The number of halogens is 5. The number of rotatable bonds is 2. The van der Waals surface area contributed by atoms with Gasteiger partial charge in [0.05, 0.1) is 28.7 Å². The molecule has 1 saturated heterocycles. The van der Waals surface area contributed by atoms with Gasteiger partial charge in [0.25, 0.3) is 0 Å². The van der Waals surface area contributed by atoms with Crippen LogP contribution in [0.5, 0.6) is 0 Å². The number of benzene rings is 2. The molecule has 13 heteroatoms. The molecule has 0 saturated carbocycles. The number of amides is 2. The van der Waals surface area contributed by atoms with Gasteiger partial charge in [0, 0.05) is 12.6 Å². The minimum absolute atomic E-state index is 0.142. The highest BCUT2D eigenvalue weighted by Gasteiger charge is 2.42. The number of carbonyl (C=O) groups is 2. The van der Waals surface area contributed by atoms with E-state index in [4.69, 9.17) is 5.11 Å². The van der Waals surface area contributed by atoms with E-state index < -0.39 is 46.4 Å². The van der Waals surface area contributed by atoms with Crippen LogP contribution in [0.15, 0.2) is 41.7 Å². The fourth-order valence-electron chi connectivity index (χ4n) is 3.94. The molecule has 0 unspecified atom stereocenters. The van der Waals surface area contributed by atoms with E-state index in [0.717, 1.165) is 21.9 Å². The normalized spacial score (nSPS) is 20.1. The molecular weight excluding hydrogens is 465 g/mol. The van der Waals surface area contributed by atoms with Crippen LogP contribution in [-0.4, -0.2) is 44.6 Å². The third-order valence-electron chi connectivity index (χ3n) is 5.56. The number of hydrogen-bond donors (Lipinski definition) is 2.